The van der Waals surface area contributed by atoms with Crippen molar-refractivity contribution in [3.05, 3.63) is 0 Å². The van der Waals surface area contributed by atoms with E-state index in [4.69, 9.17) is 0 Å². The fourth-order valence-electron chi connectivity index (χ4n) is 9.66. The number of quaternary nitrogens is 2. The fourth-order valence-corrected chi connectivity index (χ4v) is 9.66. The summed E-state index contributed by atoms with van der Waals surface area (Å²) in [5, 5.41) is 0. The van der Waals surface area contributed by atoms with Crippen LogP contribution in [0.2, 0.25) is 0 Å². The van der Waals surface area contributed by atoms with Crippen molar-refractivity contribution in [1.82, 2.24) is 0 Å². The minimum Gasteiger partial charge on any atom is -1.00 e. The first-order valence-electron chi connectivity index (χ1n) is 23.4. The monoisotopic (exact) mass is 833 g/mol. The molecule has 0 unspecified atom stereocenters. The van der Waals surface area contributed by atoms with Crippen LogP contribution in [0, 0.1) is 0 Å². The average Bonchev–Trinajstić information content (AvgIpc) is 3.77. The average molecular weight is 835 g/mol. The highest BCUT2D eigenvalue weighted by atomic mass is 79.9. The normalized spacial score (nSPS) is 16.4. The Kier molecular flexibility index (Phi) is 37.5. The van der Waals surface area contributed by atoms with Gasteiger partial charge < -0.3 is 42.9 Å². The van der Waals surface area contributed by atoms with Crippen LogP contribution in [0.4, 0.5) is 0 Å². The molecule has 4 heteroatoms. The second-order valence-corrected chi connectivity index (χ2v) is 17.5. The summed E-state index contributed by atoms with van der Waals surface area (Å²) in [7, 11) is 0. The van der Waals surface area contributed by atoms with Gasteiger partial charge in [-0.25, -0.2) is 0 Å². The summed E-state index contributed by atoms with van der Waals surface area (Å²) in [5.74, 6) is 0. The number of likely N-dealkylation sites (tertiary alicyclic amines) is 2. The predicted molar refractivity (Wildman–Crippen MR) is 217 cm³/mol. The second-order valence-electron chi connectivity index (χ2n) is 17.5. The van der Waals surface area contributed by atoms with E-state index in [9.17, 15) is 0 Å². The first kappa shape index (κ1) is 50.9. The van der Waals surface area contributed by atoms with E-state index in [2.05, 4.69) is 13.8 Å². The molecule has 0 atom stereocenters. The highest BCUT2D eigenvalue weighted by molar-refractivity contribution is 4.59. The van der Waals surface area contributed by atoms with E-state index in [0.717, 1.165) is 0 Å². The van der Waals surface area contributed by atoms with E-state index < -0.39 is 0 Å². The molecule has 2 nitrogen and oxygen atoms in total. The van der Waals surface area contributed by atoms with E-state index in [-0.39, 0.29) is 34.0 Å². The number of unbranched alkanes of at least 4 members (excludes halogenated alkanes) is 29. The molecule has 0 bridgehead atoms. The topological polar surface area (TPSA) is 0 Å². The van der Waals surface area contributed by atoms with Crippen LogP contribution in [0.1, 0.15) is 245 Å². The molecular weight excluding hydrogens is 740 g/mol. The molecule has 0 aromatic carbocycles. The molecular formula is C46H94Br2N2. The molecule has 302 valence electrons. The summed E-state index contributed by atoms with van der Waals surface area (Å²) >= 11 is 0. The zero-order chi connectivity index (χ0) is 34.1. The number of halogens is 2. The van der Waals surface area contributed by atoms with E-state index in [0.29, 0.717) is 0 Å². The molecule has 0 amide bonds. The SMILES string of the molecule is CCCCCCCCCCCC[N+]1(CCCCCCCCCCCCCC[N+]2(CCCCCCCCCCCC)CCCC2)CCCC1.[Br-].[Br-]. The van der Waals surface area contributed by atoms with Gasteiger partial charge in [-0.1, -0.05) is 168 Å². The van der Waals surface area contributed by atoms with Gasteiger partial charge in [0.1, 0.15) is 0 Å². The molecule has 2 heterocycles. The Hall–Kier alpha value is 0.880. The molecule has 50 heavy (non-hydrogen) atoms. The lowest BCUT2D eigenvalue weighted by atomic mass is 10.0. The van der Waals surface area contributed by atoms with Crippen molar-refractivity contribution in [3.63, 3.8) is 0 Å². The van der Waals surface area contributed by atoms with Crippen LogP contribution in [0.25, 0.3) is 0 Å². The Labute approximate surface area is 338 Å². The van der Waals surface area contributed by atoms with Crippen LogP contribution < -0.4 is 34.0 Å². The maximum absolute atomic E-state index is 2.32. The summed E-state index contributed by atoms with van der Waals surface area (Å²) < 4.78 is 2.99. The molecule has 0 aliphatic carbocycles. The summed E-state index contributed by atoms with van der Waals surface area (Å²) in [6.45, 7) is 16.6. The van der Waals surface area contributed by atoms with Crippen molar-refractivity contribution in [2.45, 2.75) is 245 Å². The third-order valence-corrected chi connectivity index (χ3v) is 13.0. The molecule has 0 aromatic heterocycles. The van der Waals surface area contributed by atoms with Crippen molar-refractivity contribution < 1.29 is 42.9 Å². The maximum Gasteiger partial charge on any atom is 0.0788 e. The van der Waals surface area contributed by atoms with Crippen molar-refractivity contribution in [3.8, 4) is 0 Å². The van der Waals surface area contributed by atoms with E-state index in [1.165, 1.54) is 292 Å². The molecule has 2 saturated heterocycles. The summed E-state index contributed by atoms with van der Waals surface area (Å²) in [6.07, 6.45) is 53.4. The van der Waals surface area contributed by atoms with Gasteiger partial charge in [0.2, 0.25) is 0 Å². The minimum atomic E-state index is 0. The van der Waals surface area contributed by atoms with Gasteiger partial charge in [-0.2, -0.15) is 0 Å². The van der Waals surface area contributed by atoms with E-state index in [1.54, 1.807) is 0 Å². The van der Waals surface area contributed by atoms with Crippen molar-refractivity contribution in [1.29, 1.82) is 0 Å². The standard InChI is InChI=1S/C46H94N2.2BrH/c1-3-5-7-9-11-13-19-23-27-31-39-47(43-35-36-44-47)41-33-29-25-21-17-15-16-18-22-26-30-34-42-48(45-37-38-46-48)40-32-28-24-20-14-12-10-8-6-4-2;;/h3-46H2,1-2H3;2*1H/q+2;;/p-2. The lowest BCUT2D eigenvalue weighted by Crippen LogP contribution is -3.00. The first-order valence-corrected chi connectivity index (χ1v) is 23.4. The van der Waals surface area contributed by atoms with Crippen LogP contribution in [0.15, 0.2) is 0 Å². The quantitative estimate of drug-likeness (QED) is 0.0434. The second kappa shape index (κ2) is 36.8. The molecule has 0 saturated carbocycles. The summed E-state index contributed by atoms with van der Waals surface area (Å²) in [5.41, 5.74) is 0. The van der Waals surface area contributed by atoms with Gasteiger partial charge in [-0.15, -0.1) is 0 Å². The van der Waals surface area contributed by atoms with Gasteiger partial charge in [-0.3, -0.25) is 0 Å². The Morgan fingerprint density at radius 2 is 0.400 bits per heavy atom. The Bertz CT molecular complexity index is 603. The van der Waals surface area contributed by atoms with Gasteiger partial charge in [0, 0.05) is 25.7 Å². The number of rotatable bonds is 37. The van der Waals surface area contributed by atoms with E-state index >= 15 is 0 Å². The first-order chi connectivity index (χ1) is 23.7. The Balaban J connectivity index is 0.0000120. The summed E-state index contributed by atoms with van der Waals surface area (Å²) in [6, 6.07) is 0. The third kappa shape index (κ3) is 27.5. The number of nitrogens with zero attached hydrogens (tertiary/aromatic N) is 2. The lowest BCUT2D eigenvalue weighted by Gasteiger charge is -2.34. The summed E-state index contributed by atoms with van der Waals surface area (Å²) in [4.78, 5) is 0. The van der Waals surface area contributed by atoms with Gasteiger partial charge in [0.05, 0.1) is 52.4 Å². The van der Waals surface area contributed by atoms with Crippen LogP contribution >= 0.6 is 0 Å². The van der Waals surface area contributed by atoms with Crippen LogP contribution in [0.5, 0.6) is 0 Å². The molecule has 2 fully saturated rings. The molecule has 0 spiro atoms. The zero-order valence-corrected chi connectivity index (χ0v) is 37.9. The fraction of sp³-hybridized carbons (Fsp3) is 1.00. The minimum absolute atomic E-state index is 0. The van der Waals surface area contributed by atoms with Crippen molar-refractivity contribution in [2.75, 3.05) is 52.4 Å². The van der Waals surface area contributed by atoms with Gasteiger partial charge >= 0.3 is 0 Å². The molecule has 2 aliphatic rings. The predicted octanol–water partition coefficient (Wildman–Crippen LogP) is 8.74. The largest absolute Gasteiger partial charge is 1.00 e. The van der Waals surface area contributed by atoms with Crippen LogP contribution in [-0.2, 0) is 0 Å². The van der Waals surface area contributed by atoms with Crippen LogP contribution in [-0.4, -0.2) is 61.3 Å². The molecule has 0 radical (unpaired) electrons. The molecule has 2 aliphatic heterocycles. The van der Waals surface area contributed by atoms with Crippen molar-refractivity contribution in [2.24, 2.45) is 0 Å². The smallest absolute Gasteiger partial charge is 0.0788 e. The lowest BCUT2D eigenvalue weighted by molar-refractivity contribution is -0.917. The molecule has 0 N–H and O–H groups in total. The molecule has 2 rings (SSSR count). The maximum atomic E-state index is 2.32. The van der Waals surface area contributed by atoms with Gasteiger partial charge in [0.15, 0.2) is 0 Å². The number of hydrogen-bond acceptors (Lipinski definition) is 0. The molecule has 0 aromatic rings. The van der Waals surface area contributed by atoms with Gasteiger partial charge in [0.25, 0.3) is 0 Å². The third-order valence-electron chi connectivity index (χ3n) is 13.0. The highest BCUT2D eigenvalue weighted by Gasteiger charge is 2.31. The van der Waals surface area contributed by atoms with Gasteiger partial charge in [-0.05, 0) is 51.4 Å². The van der Waals surface area contributed by atoms with Crippen LogP contribution in [0.3, 0.4) is 0 Å². The van der Waals surface area contributed by atoms with E-state index in [1.807, 2.05) is 0 Å². The zero-order valence-electron chi connectivity index (χ0n) is 34.8. The number of hydrogen-bond donors (Lipinski definition) is 0. The highest BCUT2D eigenvalue weighted by Crippen LogP contribution is 2.25. The Morgan fingerprint density at radius 1 is 0.240 bits per heavy atom. The van der Waals surface area contributed by atoms with Crippen molar-refractivity contribution >= 4 is 0 Å². The Morgan fingerprint density at radius 3 is 0.580 bits per heavy atom.